The summed E-state index contributed by atoms with van der Waals surface area (Å²) >= 11 is 13.6. The van der Waals surface area contributed by atoms with E-state index in [2.05, 4.69) is 10.3 Å². The first-order chi connectivity index (χ1) is 18.5. The van der Waals surface area contributed by atoms with Crippen LogP contribution in [0.4, 0.5) is 17.6 Å². The second-order valence-corrected chi connectivity index (χ2v) is 11.4. The van der Waals surface area contributed by atoms with E-state index in [4.69, 9.17) is 28.6 Å². The summed E-state index contributed by atoms with van der Waals surface area (Å²) in [4.78, 5) is 19.1. The number of carbonyl (C=O) groups excluding carboxylic acids is 1. The number of pyridine rings is 1. The molecule has 1 aromatic heterocycles. The number of nitrogens with one attached hydrogen (secondary N) is 2. The fourth-order valence-corrected chi connectivity index (χ4v) is 5.74. The van der Waals surface area contributed by atoms with Crippen LogP contribution in [0.2, 0.25) is 10.0 Å². The van der Waals surface area contributed by atoms with Crippen molar-refractivity contribution in [3.05, 3.63) is 86.8 Å². The van der Waals surface area contributed by atoms with Gasteiger partial charge < -0.3 is 10.2 Å². The van der Waals surface area contributed by atoms with Gasteiger partial charge in [0.15, 0.2) is 5.17 Å². The third kappa shape index (κ3) is 6.34. The zero-order valence-electron chi connectivity index (χ0n) is 20.3. The summed E-state index contributed by atoms with van der Waals surface area (Å²) in [5.41, 5.74) is -0.247. The van der Waals surface area contributed by atoms with Gasteiger partial charge in [-0.1, -0.05) is 41.0 Å². The van der Waals surface area contributed by atoms with Crippen molar-refractivity contribution in [1.82, 2.24) is 15.2 Å². The molecule has 1 aliphatic heterocycles. The highest BCUT2D eigenvalue weighted by molar-refractivity contribution is 8.14. The molecule has 5 rings (SSSR count). The van der Waals surface area contributed by atoms with E-state index in [1.54, 1.807) is 29.2 Å². The van der Waals surface area contributed by atoms with Crippen LogP contribution < -0.4 is 5.32 Å². The van der Waals surface area contributed by atoms with Crippen molar-refractivity contribution in [1.29, 1.82) is 5.41 Å². The van der Waals surface area contributed by atoms with Crippen LogP contribution in [-0.2, 0) is 12.7 Å². The van der Waals surface area contributed by atoms with E-state index in [-0.39, 0.29) is 29.6 Å². The highest BCUT2D eigenvalue weighted by Crippen LogP contribution is 2.42. The summed E-state index contributed by atoms with van der Waals surface area (Å²) in [5.74, 6) is -0.693. The molecule has 204 valence electrons. The predicted molar refractivity (Wildman–Crippen MR) is 145 cm³/mol. The first-order valence-electron chi connectivity index (χ1n) is 12.1. The van der Waals surface area contributed by atoms with Crippen molar-refractivity contribution >= 4 is 46.0 Å². The minimum Gasteiger partial charge on any atom is -0.347 e. The minimum absolute atomic E-state index is 0.0286. The Balaban J connectivity index is 1.54. The fourth-order valence-electron chi connectivity index (χ4n) is 4.59. The van der Waals surface area contributed by atoms with Gasteiger partial charge in [-0.3, -0.25) is 15.2 Å². The molecule has 2 fully saturated rings. The molecule has 2 aromatic carbocycles. The molecule has 12 heteroatoms. The van der Waals surface area contributed by atoms with Crippen LogP contribution in [0.1, 0.15) is 45.9 Å². The maximum Gasteiger partial charge on any atom is 0.418 e. The number of alkyl halides is 3. The summed E-state index contributed by atoms with van der Waals surface area (Å²) in [7, 11) is 0. The van der Waals surface area contributed by atoms with Crippen molar-refractivity contribution < 1.29 is 22.4 Å². The number of hydrogen-bond donors (Lipinski definition) is 2. The number of benzene rings is 2. The van der Waals surface area contributed by atoms with E-state index in [0.29, 0.717) is 33.4 Å². The van der Waals surface area contributed by atoms with Crippen molar-refractivity contribution in [2.45, 2.75) is 31.6 Å². The van der Waals surface area contributed by atoms with Gasteiger partial charge in [0.2, 0.25) is 0 Å². The topological polar surface area (TPSA) is 69.1 Å². The van der Waals surface area contributed by atoms with Gasteiger partial charge in [0.1, 0.15) is 5.82 Å². The molecule has 3 aromatic rings. The van der Waals surface area contributed by atoms with Crippen LogP contribution in [-0.4, -0.2) is 33.3 Å². The lowest BCUT2D eigenvalue weighted by atomic mass is 9.98. The second kappa shape index (κ2) is 11.0. The summed E-state index contributed by atoms with van der Waals surface area (Å²) in [6.07, 6.45) is -2.34. The van der Waals surface area contributed by atoms with Crippen LogP contribution >= 0.6 is 35.0 Å². The first-order valence-corrected chi connectivity index (χ1v) is 13.8. The molecule has 1 amide bonds. The molecule has 0 bridgehead atoms. The SMILES string of the molecule is N=C1SCCN1Cc1cc(C(=O)N[C@H](c2ccc(Cl)c(Cl)c2)C2CC2)cc(-c2ncc(F)cc2C(F)(F)F)c1. The lowest BCUT2D eigenvalue weighted by molar-refractivity contribution is -0.137. The molecule has 2 aliphatic rings. The molecule has 2 heterocycles. The van der Waals surface area contributed by atoms with Gasteiger partial charge in [-0.15, -0.1) is 0 Å². The summed E-state index contributed by atoms with van der Waals surface area (Å²) in [5, 5.41) is 12.2. The Morgan fingerprint density at radius 1 is 1.15 bits per heavy atom. The number of thioether (sulfide) groups is 1. The van der Waals surface area contributed by atoms with E-state index in [1.807, 2.05) is 0 Å². The Labute approximate surface area is 236 Å². The molecule has 0 spiro atoms. The molecule has 39 heavy (non-hydrogen) atoms. The van der Waals surface area contributed by atoms with Gasteiger partial charge in [0, 0.05) is 30.0 Å². The van der Waals surface area contributed by atoms with Crippen molar-refractivity contribution in [2.24, 2.45) is 5.92 Å². The van der Waals surface area contributed by atoms with Crippen LogP contribution in [0.3, 0.4) is 0 Å². The maximum absolute atomic E-state index is 13.8. The highest BCUT2D eigenvalue weighted by atomic mass is 35.5. The van der Waals surface area contributed by atoms with Gasteiger partial charge in [-0.05, 0) is 66.3 Å². The summed E-state index contributed by atoms with van der Waals surface area (Å²) in [6.45, 7) is 0.820. The average Bonchev–Trinajstić information content (AvgIpc) is 3.65. The van der Waals surface area contributed by atoms with Gasteiger partial charge in [0.25, 0.3) is 5.91 Å². The summed E-state index contributed by atoms with van der Waals surface area (Å²) in [6, 6.07) is 9.60. The largest absolute Gasteiger partial charge is 0.418 e. The third-order valence-electron chi connectivity index (χ3n) is 6.63. The van der Waals surface area contributed by atoms with Crippen LogP contribution in [0.15, 0.2) is 48.7 Å². The quantitative estimate of drug-likeness (QED) is 0.276. The van der Waals surface area contributed by atoms with E-state index in [0.717, 1.165) is 30.4 Å². The van der Waals surface area contributed by atoms with Gasteiger partial charge in [-0.2, -0.15) is 13.2 Å². The number of carbonyl (C=O) groups is 1. The molecule has 2 N–H and O–H groups in total. The number of rotatable bonds is 7. The zero-order chi connectivity index (χ0) is 27.9. The number of nitrogens with zero attached hydrogens (tertiary/aromatic N) is 2. The Hall–Kier alpha value is -2.82. The number of amides is 1. The van der Waals surface area contributed by atoms with Crippen LogP contribution in [0.5, 0.6) is 0 Å². The fraction of sp³-hybridized carbons (Fsp3) is 0.296. The summed E-state index contributed by atoms with van der Waals surface area (Å²) < 4.78 is 55.2. The first kappa shape index (κ1) is 27.7. The lowest BCUT2D eigenvalue weighted by Gasteiger charge is -2.21. The Morgan fingerprint density at radius 2 is 1.92 bits per heavy atom. The molecule has 5 nitrogen and oxygen atoms in total. The Bertz CT molecular complexity index is 1450. The van der Waals surface area contributed by atoms with Gasteiger partial charge in [-0.25, -0.2) is 4.39 Å². The van der Waals surface area contributed by atoms with E-state index < -0.39 is 29.2 Å². The van der Waals surface area contributed by atoms with Gasteiger partial charge >= 0.3 is 6.18 Å². The molecule has 1 atom stereocenters. The molecule has 0 radical (unpaired) electrons. The minimum atomic E-state index is -4.86. The monoisotopic (exact) mass is 596 g/mol. The average molecular weight is 597 g/mol. The molecular weight excluding hydrogens is 575 g/mol. The Kier molecular flexibility index (Phi) is 7.81. The van der Waals surface area contributed by atoms with E-state index >= 15 is 0 Å². The molecule has 1 saturated carbocycles. The highest BCUT2D eigenvalue weighted by Gasteiger charge is 2.36. The third-order valence-corrected chi connectivity index (χ3v) is 8.29. The second-order valence-electron chi connectivity index (χ2n) is 9.50. The zero-order valence-corrected chi connectivity index (χ0v) is 22.6. The maximum atomic E-state index is 13.8. The van der Waals surface area contributed by atoms with Gasteiger partial charge in [0.05, 0.1) is 33.5 Å². The number of amidine groups is 1. The Morgan fingerprint density at radius 3 is 2.56 bits per heavy atom. The normalized spacial score (nSPS) is 16.5. The standard InChI is InChI=1S/C27H22Cl2F4N4OS/c28-21-4-3-16(10-22(21)29)23(15-1-2-15)36-25(38)18-8-14(13-37-5-6-39-26(37)34)7-17(9-18)24-20(27(31,32)33)11-19(30)12-35-24/h3-4,7-12,15,23,34H,1-2,5-6,13H2,(H,36,38)/t23-/m0/s1. The number of hydrogen-bond acceptors (Lipinski definition) is 4. The molecular formula is C27H22Cl2F4N4OS. The van der Waals surface area contributed by atoms with Crippen molar-refractivity contribution in [3.8, 4) is 11.3 Å². The van der Waals surface area contributed by atoms with E-state index in [9.17, 15) is 22.4 Å². The van der Waals surface area contributed by atoms with Crippen LogP contribution in [0, 0.1) is 17.1 Å². The van der Waals surface area contributed by atoms with E-state index in [1.165, 1.54) is 23.9 Å². The number of halogens is 6. The smallest absolute Gasteiger partial charge is 0.347 e. The molecule has 0 unspecified atom stereocenters. The number of aromatic nitrogens is 1. The molecule has 1 saturated heterocycles. The predicted octanol–water partition coefficient (Wildman–Crippen LogP) is 7.58. The van der Waals surface area contributed by atoms with Crippen molar-refractivity contribution in [3.63, 3.8) is 0 Å². The molecule has 1 aliphatic carbocycles. The van der Waals surface area contributed by atoms with Crippen molar-refractivity contribution in [2.75, 3.05) is 12.3 Å². The lowest BCUT2D eigenvalue weighted by Crippen LogP contribution is -2.30. The van der Waals surface area contributed by atoms with Crippen LogP contribution in [0.25, 0.3) is 11.3 Å².